The highest BCUT2D eigenvalue weighted by molar-refractivity contribution is 5.87. The molecule has 128 valence electrons. The zero-order chi connectivity index (χ0) is 17.3. The first-order valence-corrected chi connectivity index (χ1v) is 8.49. The summed E-state index contributed by atoms with van der Waals surface area (Å²) in [4.78, 5) is 8.37. The lowest BCUT2D eigenvalue weighted by molar-refractivity contribution is 0.543. The van der Waals surface area contributed by atoms with Crippen LogP contribution in [0.4, 0.5) is 5.82 Å². The summed E-state index contributed by atoms with van der Waals surface area (Å²) < 4.78 is 3.76. The number of aromatic nitrogens is 7. The number of hydrogen-bond acceptors (Lipinski definition) is 6. The molecule has 1 fully saturated rings. The Hall–Kier alpha value is -2.51. The summed E-state index contributed by atoms with van der Waals surface area (Å²) in [7, 11) is 0. The van der Waals surface area contributed by atoms with Crippen LogP contribution in [-0.4, -0.2) is 34.7 Å². The zero-order valence-corrected chi connectivity index (χ0v) is 14.6. The number of nitrogen functional groups attached to an aromatic ring is 1. The Bertz CT molecular complexity index is 830. The lowest BCUT2D eigenvalue weighted by atomic mass is 10.2. The first-order valence-electron chi connectivity index (χ1n) is 8.49. The van der Waals surface area contributed by atoms with E-state index in [0.717, 1.165) is 34.9 Å². The molecule has 24 heavy (non-hydrogen) atoms. The van der Waals surface area contributed by atoms with Gasteiger partial charge in [0.25, 0.3) is 0 Å². The number of hydrogen-bond donors (Lipinski definition) is 1. The minimum absolute atomic E-state index is 0.0570. The molecule has 3 aromatic heterocycles. The first kappa shape index (κ1) is 16.4. The molecule has 2 N–H and O–H groups in total. The highest BCUT2D eigenvalue weighted by Gasteiger charge is 2.24. The fourth-order valence-corrected chi connectivity index (χ4v) is 2.72. The van der Waals surface area contributed by atoms with Crippen LogP contribution >= 0.6 is 0 Å². The molecule has 1 unspecified atom stereocenters. The van der Waals surface area contributed by atoms with Gasteiger partial charge in [0.05, 0.1) is 23.3 Å². The molecule has 0 radical (unpaired) electrons. The summed E-state index contributed by atoms with van der Waals surface area (Å²) in [6.07, 6.45) is 6.05. The van der Waals surface area contributed by atoms with Gasteiger partial charge in [-0.3, -0.25) is 4.68 Å². The van der Waals surface area contributed by atoms with Crippen LogP contribution in [0, 0.1) is 12.8 Å². The van der Waals surface area contributed by atoms with Crippen LogP contribution in [0.5, 0.6) is 0 Å². The van der Waals surface area contributed by atoms with Crippen molar-refractivity contribution in [1.29, 1.82) is 0 Å². The van der Waals surface area contributed by atoms with Crippen molar-refractivity contribution in [2.45, 2.75) is 53.1 Å². The summed E-state index contributed by atoms with van der Waals surface area (Å²) in [5, 5.41) is 13.9. The molecule has 0 spiro atoms. The Labute approximate surface area is 141 Å². The fraction of sp³-hybridized carbons (Fsp3) is 0.562. The van der Waals surface area contributed by atoms with Crippen LogP contribution in [0.3, 0.4) is 0 Å². The Balaban J connectivity index is 0.000000815. The van der Waals surface area contributed by atoms with E-state index >= 15 is 0 Å². The zero-order valence-electron chi connectivity index (χ0n) is 14.6. The molecule has 0 aromatic carbocycles. The van der Waals surface area contributed by atoms with Crippen molar-refractivity contribution in [3.05, 3.63) is 23.9 Å². The van der Waals surface area contributed by atoms with Crippen LogP contribution in [0.15, 0.2) is 12.5 Å². The van der Waals surface area contributed by atoms with Crippen molar-refractivity contribution in [1.82, 2.24) is 34.7 Å². The second kappa shape index (κ2) is 6.54. The standard InChI is InChI=1S/C14H18N8.C2H6/c1-8-12-13(15)16-7-17-14(12)22(19-8)9(2)11-6-21(20-18-11)5-10-3-4-10;1-2/h6-7,9-10H,3-5H2,1-2H3,(H2,15,16,17);1-2H3. The molecule has 0 bridgehead atoms. The van der Waals surface area contributed by atoms with Gasteiger partial charge in [-0.05, 0) is 32.6 Å². The number of anilines is 1. The maximum absolute atomic E-state index is 5.94. The molecule has 0 amide bonds. The Morgan fingerprint density at radius 1 is 1.29 bits per heavy atom. The van der Waals surface area contributed by atoms with Crippen LogP contribution in [-0.2, 0) is 6.54 Å². The topological polar surface area (TPSA) is 100 Å². The highest BCUT2D eigenvalue weighted by atomic mass is 15.4. The van der Waals surface area contributed by atoms with E-state index in [1.807, 2.05) is 43.3 Å². The predicted molar refractivity (Wildman–Crippen MR) is 92.4 cm³/mol. The van der Waals surface area contributed by atoms with Gasteiger partial charge in [-0.1, -0.05) is 19.1 Å². The van der Waals surface area contributed by atoms with E-state index in [1.54, 1.807) is 0 Å². The van der Waals surface area contributed by atoms with Crippen molar-refractivity contribution in [3.63, 3.8) is 0 Å². The summed E-state index contributed by atoms with van der Waals surface area (Å²) in [5.74, 6) is 1.23. The van der Waals surface area contributed by atoms with Gasteiger partial charge in [0.2, 0.25) is 0 Å². The quantitative estimate of drug-likeness (QED) is 0.789. The number of aryl methyl sites for hydroxylation is 1. The number of nitrogens with zero attached hydrogens (tertiary/aromatic N) is 7. The van der Waals surface area contributed by atoms with Crippen molar-refractivity contribution in [2.24, 2.45) is 5.92 Å². The Morgan fingerprint density at radius 3 is 2.75 bits per heavy atom. The maximum atomic E-state index is 5.94. The second-order valence-electron chi connectivity index (χ2n) is 5.97. The van der Waals surface area contributed by atoms with Crippen molar-refractivity contribution < 1.29 is 0 Å². The SMILES string of the molecule is CC.Cc1nn(C(C)c2cn(CC3CC3)nn2)c2ncnc(N)c12. The van der Waals surface area contributed by atoms with Crippen LogP contribution in [0.25, 0.3) is 11.0 Å². The summed E-state index contributed by atoms with van der Waals surface area (Å²) in [6, 6.07) is -0.0570. The molecular formula is C16H24N8. The monoisotopic (exact) mass is 328 g/mol. The van der Waals surface area contributed by atoms with Gasteiger partial charge in [-0.15, -0.1) is 5.10 Å². The third kappa shape index (κ3) is 2.95. The molecule has 8 heteroatoms. The fourth-order valence-electron chi connectivity index (χ4n) is 2.72. The van der Waals surface area contributed by atoms with E-state index in [2.05, 4.69) is 25.4 Å². The minimum Gasteiger partial charge on any atom is -0.383 e. The maximum Gasteiger partial charge on any atom is 0.164 e. The van der Waals surface area contributed by atoms with Crippen molar-refractivity contribution >= 4 is 16.9 Å². The van der Waals surface area contributed by atoms with E-state index in [0.29, 0.717) is 5.82 Å². The summed E-state index contributed by atoms with van der Waals surface area (Å²) >= 11 is 0. The Morgan fingerprint density at radius 2 is 2.04 bits per heavy atom. The normalized spacial score (nSPS) is 15.2. The van der Waals surface area contributed by atoms with Gasteiger partial charge < -0.3 is 5.73 Å². The molecule has 3 aromatic rings. The van der Waals surface area contributed by atoms with Gasteiger partial charge in [-0.2, -0.15) is 5.10 Å². The Kier molecular flexibility index (Phi) is 4.46. The summed E-state index contributed by atoms with van der Waals surface area (Å²) in [6.45, 7) is 8.90. The lowest BCUT2D eigenvalue weighted by Gasteiger charge is -2.09. The van der Waals surface area contributed by atoms with Gasteiger partial charge >= 0.3 is 0 Å². The number of fused-ring (bicyclic) bond motifs is 1. The molecule has 3 heterocycles. The first-order chi connectivity index (χ1) is 11.6. The molecule has 8 nitrogen and oxygen atoms in total. The number of rotatable bonds is 4. The molecule has 0 saturated heterocycles. The second-order valence-corrected chi connectivity index (χ2v) is 5.97. The average Bonchev–Trinajstić information content (AvgIpc) is 3.16. The third-order valence-electron chi connectivity index (χ3n) is 4.19. The molecular weight excluding hydrogens is 304 g/mol. The van der Waals surface area contributed by atoms with Crippen LogP contribution in [0.2, 0.25) is 0 Å². The van der Waals surface area contributed by atoms with E-state index in [9.17, 15) is 0 Å². The third-order valence-corrected chi connectivity index (χ3v) is 4.19. The van der Waals surface area contributed by atoms with Crippen molar-refractivity contribution in [2.75, 3.05) is 5.73 Å². The van der Waals surface area contributed by atoms with Gasteiger partial charge in [0, 0.05) is 6.54 Å². The number of nitrogens with two attached hydrogens (primary N) is 1. The molecule has 1 saturated carbocycles. The van der Waals surface area contributed by atoms with Gasteiger partial charge in [0.15, 0.2) is 5.65 Å². The van der Waals surface area contributed by atoms with E-state index in [4.69, 9.17) is 5.73 Å². The minimum atomic E-state index is -0.0570. The molecule has 1 atom stereocenters. The molecule has 0 aliphatic heterocycles. The average molecular weight is 328 g/mol. The molecule has 1 aliphatic rings. The highest BCUT2D eigenvalue weighted by Crippen LogP contribution is 2.30. The van der Waals surface area contributed by atoms with Gasteiger partial charge in [-0.25, -0.2) is 14.6 Å². The largest absolute Gasteiger partial charge is 0.383 e. The predicted octanol–water partition coefficient (Wildman–Crippen LogP) is 2.35. The van der Waals surface area contributed by atoms with E-state index < -0.39 is 0 Å². The van der Waals surface area contributed by atoms with Gasteiger partial charge in [0.1, 0.15) is 17.8 Å². The summed E-state index contributed by atoms with van der Waals surface area (Å²) in [5.41, 5.74) is 8.37. The molecule has 4 rings (SSSR count). The van der Waals surface area contributed by atoms with Crippen LogP contribution < -0.4 is 5.73 Å². The van der Waals surface area contributed by atoms with E-state index in [1.165, 1.54) is 19.2 Å². The lowest BCUT2D eigenvalue weighted by Crippen LogP contribution is -2.10. The smallest absolute Gasteiger partial charge is 0.164 e. The van der Waals surface area contributed by atoms with E-state index in [-0.39, 0.29) is 6.04 Å². The molecule has 1 aliphatic carbocycles. The van der Waals surface area contributed by atoms with Crippen LogP contribution in [0.1, 0.15) is 51.0 Å². The van der Waals surface area contributed by atoms with Crippen molar-refractivity contribution in [3.8, 4) is 0 Å².